The van der Waals surface area contributed by atoms with Gasteiger partial charge >= 0.3 is 6.02 Å². The Morgan fingerprint density at radius 3 is 2.45 bits per heavy atom. The van der Waals surface area contributed by atoms with Gasteiger partial charge in [0.15, 0.2) is 0 Å². The molecule has 0 spiro atoms. The van der Waals surface area contributed by atoms with Gasteiger partial charge in [-0.2, -0.15) is 0 Å². The summed E-state index contributed by atoms with van der Waals surface area (Å²) in [4.78, 5) is 40.3. The van der Waals surface area contributed by atoms with Gasteiger partial charge in [0, 0.05) is 31.4 Å². The summed E-state index contributed by atoms with van der Waals surface area (Å²) >= 11 is 0. The van der Waals surface area contributed by atoms with Crippen LogP contribution in [0.5, 0.6) is 0 Å². The normalized spacial score (nSPS) is 21.8. The summed E-state index contributed by atoms with van der Waals surface area (Å²) in [6.07, 6.45) is 11.4. The SMILES string of the molecule is O=C1C=CC(=O)N1OOC(N=C1CCCC1)=[NH+]C1=CCCC1. The van der Waals surface area contributed by atoms with Crippen molar-refractivity contribution in [2.24, 2.45) is 4.99 Å². The lowest BCUT2D eigenvalue weighted by Crippen LogP contribution is -2.71. The van der Waals surface area contributed by atoms with Crippen LogP contribution >= 0.6 is 0 Å². The first-order chi connectivity index (χ1) is 10.7. The number of nitrogens with one attached hydrogen (secondary N) is 1. The average molecular weight is 304 g/mol. The highest BCUT2D eigenvalue weighted by Crippen LogP contribution is 2.15. The Bertz CT molecular complexity index is 578. The van der Waals surface area contributed by atoms with Gasteiger partial charge in [-0.25, -0.2) is 9.88 Å². The fraction of sp³-hybridized carbons (Fsp3) is 0.467. The van der Waals surface area contributed by atoms with Gasteiger partial charge in [0.05, 0.1) is 0 Å². The van der Waals surface area contributed by atoms with Gasteiger partial charge in [-0.15, -0.1) is 5.06 Å². The molecule has 0 aromatic heterocycles. The Hall–Kier alpha value is -2.28. The molecule has 2 aliphatic carbocycles. The molecule has 116 valence electrons. The van der Waals surface area contributed by atoms with E-state index in [1.165, 1.54) is 0 Å². The maximum atomic E-state index is 11.4. The van der Waals surface area contributed by atoms with Crippen molar-refractivity contribution >= 4 is 23.5 Å². The smallest absolute Gasteiger partial charge is 0.267 e. The van der Waals surface area contributed by atoms with Gasteiger partial charge in [-0.3, -0.25) is 9.59 Å². The quantitative estimate of drug-likeness (QED) is 0.267. The van der Waals surface area contributed by atoms with Gasteiger partial charge in [-0.05, 0) is 41.7 Å². The number of nitrogens with zero attached hydrogens (tertiary/aromatic N) is 2. The number of amides is 2. The van der Waals surface area contributed by atoms with Crippen LogP contribution in [-0.2, 0) is 19.5 Å². The molecule has 1 N–H and O–H groups in total. The summed E-state index contributed by atoms with van der Waals surface area (Å²) in [7, 11) is 0. The summed E-state index contributed by atoms with van der Waals surface area (Å²) in [6, 6.07) is 0.164. The highest BCUT2D eigenvalue weighted by Gasteiger charge is 2.29. The monoisotopic (exact) mass is 304 g/mol. The second-order valence-corrected chi connectivity index (χ2v) is 5.40. The van der Waals surface area contributed by atoms with Crippen molar-refractivity contribution in [2.45, 2.75) is 44.9 Å². The van der Waals surface area contributed by atoms with Crippen LogP contribution in [0, 0.1) is 0 Å². The lowest BCUT2D eigenvalue weighted by molar-refractivity contribution is -0.448. The lowest BCUT2D eigenvalue weighted by Gasteiger charge is -2.08. The number of allylic oxidation sites excluding steroid dienone is 2. The standard InChI is InChI=1S/C15H17N3O4/c19-13-9-10-14(20)18(13)22-21-15(16-11-5-1-2-6-11)17-12-7-3-4-8-12/h5,9-10H,1-4,6-8H2/p+1. The van der Waals surface area contributed by atoms with Crippen molar-refractivity contribution in [1.82, 2.24) is 5.06 Å². The van der Waals surface area contributed by atoms with Gasteiger partial charge in [0.2, 0.25) is 0 Å². The Morgan fingerprint density at radius 2 is 1.82 bits per heavy atom. The average Bonchev–Trinajstić information content (AvgIpc) is 3.22. The largest absolute Gasteiger partial charge is 0.529 e. The van der Waals surface area contributed by atoms with E-state index in [4.69, 9.17) is 9.88 Å². The molecule has 1 heterocycles. The molecule has 22 heavy (non-hydrogen) atoms. The van der Waals surface area contributed by atoms with E-state index in [1.54, 1.807) is 0 Å². The Balaban J connectivity index is 1.69. The van der Waals surface area contributed by atoms with E-state index >= 15 is 0 Å². The molecule has 0 saturated heterocycles. The maximum absolute atomic E-state index is 11.4. The highest BCUT2D eigenvalue weighted by molar-refractivity contribution is 6.11. The first kappa shape index (κ1) is 14.6. The fourth-order valence-corrected chi connectivity index (χ4v) is 2.56. The predicted molar refractivity (Wildman–Crippen MR) is 77.0 cm³/mol. The fourth-order valence-electron chi connectivity index (χ4n) is 2.56. The number of hydrogen-bond donors (Lipinski definition) is 1. The zero-order valence-electron chi connectivity index (χ0n) is 12.2. The number of amidine groups is 1. The summed E-state index contributed by atoms with van der Waals surface area (Å²) in [5.41, 5.74) is 2.04. The number of rotatable bonds is 3. The second kappa shape index (κ2) is 6.65. The zero-order valence-corrected chi connectivity index (χ0v) is 12.2. The van der Waals surface area contributed by atoms with Crippen molar-refractivity contribution in [3.8, 4) is 0 Å². The van der Waals surface area contributed by atoms with E-state index in [0.717, 1.165) is 68.5 Å². The van der Waals surface area contributed by atoms with Crippen LogP contribution < -0.4 is 4.99 Å². The van der Waals surface area contributed by atoms with Crippen molar-refractivity contribution in [3.63, 3.8) is 0 Å². The van der Waals surface area contributed by atoms with Crippen molar-refractivity contribution < 1.29 is 24.5 Å². The van der Waals surface area contributed by atoms with E-state index in [9.17, 15) is 9.59 Å². The summed E-state index contributed by atoms with van der Waals surface area (Å²) in [5, 5.41) is 0.555. The molecule has 0 radical (unpaired) electrons. The topological polar surface area (TPSA) is 82.2 Å². The van der Waals surface area contributed by atoms with Crippen LogP contribution in [0.2, 0.25) is 0 Å². The van der Waals surface area contributed by atoms with Gasteiger partial charge in [-0.1, -0.05) is 0 Å². The maximum Gasteiger partial charge on any atom is 0.529 e. The number of imide groups is 1. The Morgan fingerprint density at radius 1 is 1.09 bits per heavy atom. The third-order valence-corrected chi connectivity index (χ3v) is 3.71. The van der Waals surface area contributed by atoms with Crippen LogP contribution in [0.4, 0.5) is 0 Å². The molecule has 2 amide bonds. The number of aliphatic imine (C=N–C) groups is 1. The third kappa shape index (κ3) is 3.48. The predicted octanol–water partition coefficient (Wildman–Crippen LogP) is 0.294. The molecule has 1 aliphatic heterocycles. The van der Waals surface area contributed by atoms with Crippen molar-refractivity contribution in [3.05, 3.63) is 23.9 Å². The molecular formula is C15H18N3O4+. The highest BCUT2D eigenvalue weighted by atomic mass is 17.3. The third-order valence-electron chi connectivity index (χ3n) is 3.71. The van der Waals surface area contributed by atoms with E-state index in [1.807, 2.05) is 0 Å². The molecule has 7 nitrogen and oxygen atoms in total. The van der Waals surface area contributed by atoms with Crippen LogP contribution in [-0.4, -0.2) is 28.6 Å². The molecule has 0 aromatic carbocycles. The number of carbonyl (C=O) groups is 2. The molecule has 0 unspecified atom stereocenters. The molecule has 7 heteroatoms. The summed E-state index contributed by atoms with van der Waals surface area (Å²) < 4.78 is 0. The number of carbonyl (C=O) groups excluding carboxylic acids is 2. The van der Waals surface area contributed by atoms with Gasteiger partial charge in [0.25, 0.3) is 11.8 Å². The first-order valence-electron chi connectivity index (χ1n) is 7.52. The Labute approximate surface area is 127 Å². The molecular weight excluding hydrogens is 286 g/mol. The Kier molecular flexibility index (Phi) is 4.43. The molecule has 3 rings (SSSR count). The summed E-state index contributed by atoms with van der Waals surface area (Å²) in [5.74, 6) is -1.14. The lowest BCUT2D eigenvalue weighted by atomic mass is 10.3. The van der Waals surface area contributed by atoms with Crippen molar-refractivity contribution in [1.29, 1.82) is 0 Å². The van der Waals surface area contributed by atoms with Crippen molar-refractivity contribution in [2.75, 3.05) is 0 Å². The second-order valence-electron chi connectivity index (χ2n) is 5.40. The zero-order chi connectivity index (χ0) is 15.4. The van der Waals surface area contributed by atoms with Crippen LogP contribution in [0.1, 0.15) is 44.9 Å². The van der Waals surface area contributed by atoms with Crippen LogP contribution in [0.25, 0.3) is 0 Å². The van der Waals surface area contributed by atoms with E-state index in [-0.39, 0.29) is 6.02 Å². The minimum atomic E-state index is -0.571. The molecule has 1 saturated carbocycles. The minimum absolute atomic E-state index is 0.164. The number of hydrogen-bond acceptors (Lipinski definition) is 4. The van der Waals surface area contributed by atoms with Crippen LogP contribution in [0.3, 0.4) is 0 Å². The van der Waals surface area contributed by atoms with E-state index in [0.29, 0.717) is 5.06 Å². The molecule has 1 fully saturated rings. The molecule has 0 aromatic rings. The number of hydroxylamine groups is 2. The van der Waals surface area contributed by atoms with E-state index in [2.05, 4.69) is 16.1 Å². The molecule has 0 bridgehead atoms. The summed E-state index contributed by atoms with van der Waals surface area (Å²) in [6.45, 7) is 0. The first-order valence-corrected chi connectivity index (χ1v) is 7.52. The van der Waals surface area contributed by atoms with Crippen LogP contribution in [0.15, 0.2) is 28.9 Å². The van der Waals surface area contributed by atoms with Gasteiger partial charge in [0.1, 0.15) is 11.4 Å². The molecule has 0 atom stereocenters. The molecule has 3 aliphatic rings. The van der Waals surface area contributed by atoms with E-state index < -0.39 is 11.8 Å². The van der Waals surface area contributed by atoms with Gasteiger partial charge < -0.3 is 0 Å². The minimum Gasteiger partial charge on any atom is -0.267 e.